The van der Waals surface area contributed by atoms with Gasteiger partial charge in [-0.05, 0) is 61.9 Å². The molecule has 0 saturated heterocycles. The molecule has 3 aromatic carbocycles. The normalized spacial score (nSPS) is 10.8. The van der Waals surface area contributed by atoms with Gasteiger partial charge in [-0.25, -0.2) is 4.79 Å². The third-order valence-corrected chi connectivity index (χ3v) is 4.15. The summed E-state index contributed by atoms with van der Waals surface area (Å²) in [5.74, 6) is -0.949. The maximum atomic E-state index is 10.7. The summed E-state index contributed by atoms with van der Waals surface area (Å²) in [5, 5.41) is 8.76. The summed E-state index contributed by atoms with van der Waals surface area (Å²) in [7, 11) is 0. The molecule has 3 rings (SSSR count). The average Bonchev–Trinajstić information content (AvgIpc) is 2.64. The molecule has 0 aliphatic carbocycles. The molecule has 0 aliphatic rings. The van der Waals surface area contributed by atoms with Crippen molar-refractivity contribution in [1.29, 1.82) is 0 Å². The van der Waals surface area contributed by atoms with E-state index in [0.29, 0.717) is 0 Å². The zero-order chi connectivity index (χ0) is 18.5. The second-order valence-electron chi connectivity index (χ2n) is 6.27. The first-order valence-corrected chi connectivity index (χ1v) is 8.47. The Hall–Kier alpha value is -3.33. The van der Waals surface area contributed by atoms with Crippen molar-refractivity contribution in [3.05, 3.63) is 95.6 Å². The highest BCUT2D eigenvalue weighted by Crippen LogP contribution is 2.34. The molecule has 0 amide bonds. The number of rotatable bonds is 5. The van der Waals surface area contributed by atoms with Crippen molar-refractivity contribution in [2.24, 2.45) is 0 Å². The van der Waals surface area contributed by atoms with Gasteiger partial charge < -0.3 is 10.0 Å². The summed E-state index contributed by atoms with van der Waals surface area (Å²) >= 11 is 0. The van der Waals surface area contributed by atoms with Crippen LogP contribution in [0.5, 0.6) is 0 Å². The second-order valence-corrected chi connectivity index (χ2v) is 6.27. The number of hydrogen-bond donors (Lipinski definition) is 1. The molecule has 0 radical (unpaired) electrons. The van der Waals surface area contributed by atoms with E-state index < -0.39 is 5.97 Å². The van der Waals surface area contributed by atoms with Crippen LogP contribution in [0.3, 0.4) is 0 Å². The summed E-state index contributed by atoms with van der Waals surface area (Å²) < 4.78 is 0. The van der Waals surface area contributed by atoms with Crippen LogP contribution in [0.25, 0.3) is 6.08 Å². The van der Waals surface area contributed by atoms with Gasteiger partial charge in [-0.3, -0.25) is 0 Å². The zero-order valence-electron chi connectivity index (χ0n) is 14.9. The average molecular weight is 343 g/mol. The molecule has 3 heteroatoms. The molecule has 0 aliphatic heterocycles. The van der Waals surface area contributed by atoms with Gasteiger partial charge in [-0.1, -0.05) is 47.5 Å². The van der Waals surface area contributed by atoms with Crippen LogP contribution in [0.15, 0.2) is 78.9 Å². The lowest BCUT2D eigenvalue weighted by molar-refractivity contribution is -0.131. The topological polar surface area (TPSA) is 40.5 Å². The minimum absolute atomic E-state index is 0.851. The number of aliphatic carboxylic acids is 1. The van der Waals surface area contributed by atoms with E-state index in [4.69, 9.17) is 5.11 Å². The van der Waals surface area contributed by atoms with E-state index in [0.717, 1.165) is 28.7 Å². The fourth-order valence-electron chi connectivity index (χ4n) is 2.74. The number of carboxylic acid groups (broad SMARTS) is 1. The Bertz CT molecular complexity index is 862. The Balaban J connectivity index is 2.01. The fraction of sp³-hybridized carbons (Fsp3) is 0.0870. The number of carbonyl (C=O) groups is 1. The number of anilines is 3. The third-order valence-electron chi connectivity index (χ3n) is 4.15. The second kappa shape index (κ2) is 7.70. The van der Waals surface area contributed by atoms with Crippen LogP contribution in [-0.2, 0) is 4.79 Å². The van der Waals surface area contributed by atoms with Gasteiger partial charge in [-0.15, -0.1) is 0 Å². The fourth-order valence-corrected chi connectivity index (χ4v) is 2.74. The van der Waals surface area contributed by atoms with E-state index in [1.54, 1.807) is 6.08 Å². The molecule has 3 nitrogen and oxygen atoms in total. The Morgan fingerprint density at radius 3 is 1.50 bits per heavy atom. The van der Waals surface area contributed by atoms with Crippen LogP contribution in [0, 0.1) is 13.8 Å². The summed E-state index contributed by atoms with van der Waals surface area (Å²) in [6.45, 7) is 4.15. The number of hydrogen-bond acceptors (Lipinski definition) is 2. The molecule has 0 spiro atoms. The van der Waals surface area contributed by atoms with Gasteiger partial charge in [-0.2, -0.15) is 0 Å². The summed E-state index contributed by atoms with van der Waals surface area (Å²) in [4.78, 5) is 12.9. The van der Waals surface area contributed by atoms with Crippen LogP contribution < -0.4 is 4.90 Å². The van der Waals surface area contributed by atoms with E-state index in [1.165, 1.54) is 11.1 Å². The van der Waals surface area contributed by atoms with E-state index in [2.05, 4.69) is 67.3 Å². The van der Waals surface area contributed by atoms with Crippen molar-refractivity contribution in [1.82, 2.24) is 0 Å². The van der Waals surface area contributed by atoms with E-state index in [1.807, 2.05) is 24.3 Å². The maximum absolute atomic E-state index is 10.7. The molecule has 0 aromatic heterocycles. The van der Waals surface area contributed by atoms with Gasteiger partial charge in [0.2, 0.25) is 0 Å². The van der Waals surface area contributed by atoms with Crippen molar-refractivity contribution >= 4 is 29.1 Å². The lowest BCUT2D eigenvalue weighted by Gasteiger charge is -2.25. The van der Waals surface area contributed by atoms with Crippen molar-refractivity contribution in [3.63, 3.8) is 0 Å². The highest BCUT2D eigenvalue weighted by Gasteiger charge is 2.11. The predicted molar refractivity (Wildman–Crippen MR) is 107 cm³/mol. The van der Waals surface area contributed by atoms with Crippen LogP contribution in [0.4, 0.5) is 17.1 Å². The summed E-state index contributed by atoms with van der Waals surface area (Å²) in [6, 6.07) is 24.7. The lowest BCUT2D eigenvalue weighted by Crippen LogP contribution is -2.09. The molecule has 0 fully saturated rings. The molecule has 0 heterocycles. The molecule has 3 aromatic rings. The van der Waals surface area contributed by atoms with Gasteiger partial charge >= 0.3 is 5.97 Å². The maximum Gasteiger partial charge on any atom is 0.328 e. The zero-order valence-corrected chi connectivity index (χ0v) is 14.9. The highest BCUT2D eigenvalue weighted by atomic mass is 16.4. The van der Waals surface area contributed by atoms with Crippen LogP contribution >= 0.6 is 0 Å². The number of nitrogens with zero attached hydrogens (tertiary/aromatic N) is 1. The van der Waals surface area contributed by atoms with Crippen molar-refractivity contribution in [2.75, 3.05) is 4.90 Å². The van der Waals surface area contributed by atoms with Gasteiger partial charge in [0, 0.05) is 23.1 Å². The van der Waals surface area contributed by atoms with E-state index >= 15 is 0 Å². The van der Waals surface area contributed by atoms with Gasteiger partial charge in [0.25, 0.3) is 0 Å². The molecular weight excluding hydrogens is 322 g/mol. The van der Waals surface area contributed by atoms with E-state index in [9.17, 15) is 4.79 Å². The molecule has 0 saturated carbocycles. The first-order chi connectivity index (χ1) is 12.5. The molecule has 26 heavy (non-hydrogen) atoms. The number of carboxylic acids is 1. The van der Waals surface area contributed by atoms with Gasteiger partial charge in [0.1, 0.15) is 0 Å². The number of aryl methyl sites for hydroxylation is 2. The Kier molecular flexibility index (Phi) is 5.18. The van der Waals surface area contributed by atoms with Gasteiger partial charge in [0.05, 0.1) is 0 Å². The Morgan fingerprint density at radius 2 is 1.12 bits per heavy atom. The monoisotopic (exact) mass is 343 g/mol. The quantitative estimate of drug-likeness (QED) is 0.589. The van der Waals surface area contributed by atoms with Crippen molar-refractivity contribution < 1.29 is 9.90 Å². The van der Waals surface area contributed by atoms with Crippen LogP contribution in [0.2, 0.25) is 0 Å². The summed E-state index contributed by atoms with van der Waals surface area (Å²) in [5.41, 5.74) is 6.45. The van der Waals surface area contributed by atoms with Crippen LogP contribution in [-0.4, -0.2) is 11.1 Å². The Morgan fingerprint density at radius 1 is 0.731 bits per heavy atom. The minimum atomic E-state index is -0.949. The van der Waals surface area contributed by atoms with E-state index in [-0.39, 0.29) is 0 Å². The smallest absolute Gasteiger partial charge is 0.328 e. The largest absolute Gasteiger partial charge is 0.478 e. The van der Waals surface area contributed by atoms with Crippen LogP contribution in [0.1, 0.15) is 16.7 Å². The first kappa shape index (κ1) is 17.5. The lowest BCUT2D eigenvalue weighted by atomic mass is 10.1. The summed E-state index contributed by atoms with van der Waals surface area (Å²) in [6.07, 6.45) is 2.74. The van der Waals surface area contributed by atoms with Crippen molar-refractivity contribution in [2.45, 2.75) is 13.8 Å². The predicted octanol–water partition coefficient (Wildman–Crippen LogP) is 5.87. The van der Waals surface area contributed by atoms with Gasteiger partial charge in [0.15, 0.2) is 0 Å². The Labute approximate surface area is 153 Å². The molecule has 0 bridgehead atoms. The molecule has 130 valence electrons. The minimum Gasteiger partial charge on any atom is -0.478 e. The van der Waals surface area contributed by atoms with Crippen molar-refractivity contribution in [3.8, 4) is 0 Å². The third kappa shape index (κ3) is 4.19. The SMILES string of the molecule is Cc1ccc(N(c2ccc(C)cc2)c2ccc(C=CC(=O)O)cc2)cc1. The molecule has 0 atom stereocenters. The molecule has 0 unspecified atom stereocenters. The first-order valence-electron chi connectivity index (χ1n) is 8.47. The highest BCUT2D eigenvalue weighted by molar-refractivity contribution is 5.85. The molecule has 1 N–H and O–H groups in total. The standard InChI is InChI=1S/C23H21NO2/c1-17-3-10-20(11-4-17)24(21-12-5-18(2)6-13-21)22-14-7-19(8-15-22)9-16-23(25)26/h3-16H,1-2H3,(H,25,26). The number of benzene rings is 3. The molecular formula is C23H21NO2.